The van der Waals surface area contributed by atoms with Crippen LogP contribution in [-0.2, 0) is 0 Å². The van der Waals surface area contributed by atoms with E-state index in [1.807, 2.05) is 6.08 Å². The molecule has 0 aromatic rings. The minimum atomic E-state index is -0.0465. The van der Waals surface area contributed by atoms with Gasteiger partial charge in [-0.05, 0) is 19.3 Å². The molecule has 0 unspecified atom stereocenters. The van der Waals surface area contributed by atoms with Gasteiger partial charge >= 0.3 is 0 Å². The highest BCUT2D eigenvalue weighted by Gasteiger charge is 2.25. The van der Waals surface area contributed by atoms with Crippen LogP contribution in [0.25, 0.3) is 0 Å². The van der Waals surface area contributed by atoms with Crippen LogP contribution < -0.4 is 5.73 Å². The number of aliphatic hydroxyl groups is 1. The highest BCUT2D eigenvalue weighted by molar-refractivity contribution is 5.07. The van der Waals surface area contributed by atoms with Crippen molar-refractivity contribution in [2.24, 2.45) is 5.73 Å². The van der Waals surface area contributed by atoms with Gasteiger partial charge in [0.15, 0.2) is 0 Å². The Balaban J connectivity index is 2.33. The van der Waals surface area contributed by atoms with Crippen molar-refractivity contribution in [1.29, 1.82) is 0 Å². The van der Waals surface area contributed by atoms with E-state index >= 15 is 0 Å². The van der Waals surface area contributed by atoms with Crippen molar-refractivity contribution in [1.82, 2.24) is 0 Å². The molecule has 64 valence electrons. The maximum Gasteiger partial charge on any atom is 0.0465 e. The fourth-order valence-electron chi connectivity index (χ4n) is 1.59. The Morgan fingerprint density at radius 1 is 1.36 bits per heavy atom. The third-order valence-electron chi connectivity index (χ3n) is 2.28. The van der Waals surface area contributed by atoms with Crippen molar-refractivity contribution in [3.8, 4) is 0 Å². The van der Waals surface area contributed by atoms with Crippen LogP contribution in [0, 0.1) is 0 Å². The van der Waals surface area contributed by atoms with Crippen LogP contribution in [-0.4, -0.2) is 17.3 Å². The zero-order valence-corrected chi connectivity index (χ0v) is 6.92. The zero-order valence-electron chi connectivity index (χ0n) is 6.92. The molecular weight excluding hydrogens is 138 g/mol. The average molecular weight is 155 g/mol. The quantitative estimate of drug-likeness (QED) is 0.601. The Hall–Kier alpha value is -0.340. The molecule has 0 heterocycles. The summed E-state index contributed by atoms with van der Waals surface area (Å²) in [5.41, 5.74) is 5.98. The van der Waals surface area contributed by atoms with Gasteiger partial charge in [-0.2, -0.15) is 0 Å². The SMILES string of the molecule is NC1(C=CCCO)CCCC1. The van der Waals surface area contributed by atoms with Gasteiger partial charge in [-0.15, -0.1) is 0 Å². The van der Waals surface area contributed by atoms with Gasteiger partial charge in [-0.1, -0.05) is 25.0 Å². The predicted molar refractivity (Wildman–Crippen MR) is 46.2 cm³/mol. The van der Waals surface area contributed by atoms with Gasteiger partial charge < -0.3 is 10.8 Å². The van der Waals surface area contributed by atoms with Gasteiger partial charge in [0.2, 0.25) is 0 Å². The maximum atomic E-state index is 8.53. The van der Waals surface area contributed by atoms with Crippen LogP contribution >= 0.6 is 0 Å². The van der Waals surface area contributed by atoms with E-state index in [9.17, 15) is 0 Å². The topological polar surface area (TPSA) is 46.2 Å². The molecule has 0 aromatic carbocycles. The Morgan fingerprint density at radius 2 is 2.00 bits per heavy atom. The molecule has 1 fully saturated rings. The maximum absolute atomic E-state index is 8.53. The molecule has 0 aliphatic heterocycles. The fraction of sp³-hybridized carbons (Fsp3) is 0.778. The smallest absolute Gasteiger partial charge is 0.0465 e. The summed E-state index contributed by atoms with van der Waals surface area (Å²) in [7, 11) is 0. The summed E-state index contributed by atoms with van der Waals surface area (Å²) >= 11 is 0. The monoisotopic (exact) mass is 155 g/mol. The van der Waals surface area contributed by atoms with Crippen molar-refractivity contribution in [3.63, 3.8) is 0 Å². The largest absolute Gasteiger partial charge is 0.396 e. The molecule has 0 bridgehead atoms. The van der Waals surface area contributed by atoms with Gasteiger partial charge in [0.1, 0.15) is 0 Å². The Bertz CT molecular complexity index is 136. The predicted octanol–water partition coefficient (Wildman–Crippen LogP) is 1.20. The molecule has 1 saturated carbocycles. The second kappa shape index (κ2) is 3.88. The molecule has 0 aromatic heterocycles. The van der Waals surface area contributed by atoms with Gasteiger partial charge in [0.25, 0.3) is 0 Å². The highest BCUT2D eigenvalue weighted by Crippen LogP contribution is 2.28. The Kier molecular flexibility index (Phi) is 3.09. The van der Waals surface area contributed by atoms with E-state index in [0.29, 0.717) is 0 Å². The van der Waals surface area contributed by atoms with E-state index in [1.165, 1.54) is 12.8 Å². The standard InChI is InChI=1S/C9H17NO/c10-9(5-1-2-6-9)7-3-4-8-11/h3,7,11H,1-2,4-6,8,10H2. The van der Waals surface area contributed by atoms with E-state index in [2.05, 4.69) is 6.08 Å². The molecular formula is C9H17NO. The Morgan fingerprint density at radius 3 is 2.55 bits per heavy atom. The van der Waals surface area contributed by atoms with Crippen molar-refractivity contribution >= 4 is 0 Å². The van der Waals surface area contributed by atoms with Crippen LogP contribution in [0.3, 0.4) is 0 Å². The van der Waals surface area contributed by atoms with E-state index in [-0.39, 0.29) is 12.1 Å². The van der Waals surface area contributed by atoms with Gasteiger partial charge in [0, 0.05) is 12.1 Å². The molecule has 0 saturated heterocycles. The second-order valence-corrected chi connectivity index (χ2v) is 3.35. The third-order valence-corrected chi connectivity index (χ3v) is 2.28. The van der Waals surface area contributed by atoms with Crippen molar-refractivity contribution in [2.75, 3.05) is 6.61 Å². The molecule has 1 aliphatic carbocycles. The first-order valence-corrected chi connectivity index (χ1v) is 4.34. The van der Waals surface area contributed by atoms with E-state index in [1.54, 1.807) is 0 Å². The molecule has 0 spiro atoms. The van der Waals surface area contributed by atoms with Crippen molar-refractivity contribution in [3.05, 3.63) is 12.2 Å². The first-order valence-electron chi connectivity index (χ1n) is 4.34. The molecule has 2 heteroatoms. The molecule has 1 rings (SSSR count). The number of nitrogens with two attached hydrogens (primary N) is 1. The summed E-state index contributed by atoms with van der Waals surface area (Å²) in [4.78, 5) is 0. The molecule has 3 N–H and O–H groups in total. The van der Waals surface area contributed by atoms with Crippen LogP contribution in [0.5, 0.6) is 0 Å². The second-order valence-electron chi connectivity index (χ2n) is 3.35. The third kappa shape index (κ3) is 2.64. The molecule has 11 heavy (non-hydrogen) atoms. The zero-order chi connectivity index (χ0) is 8.16. The first-order chi connectivity index (χ1) is 5.27. The fourth-order valence-corrected chi connectivity index (χ4v) is 1.59. The highest BCUT2D eigenvalue weighted by atomic mass is 16.2. The van der Waals surface area contributed by atoms with Crippen LogP contribution in [0.2, 0.25) is 0 Å². The Labute approximate surface area is 68.1 Å². The van der Waals surface area contributed by atoms with Crippen LogP contribution in [0.1, 0.15) is 32.1 Å². The van der Waals surface area contributed by atoms with Gasteiger partial charge in [0.05, 0.1) is 0 Å². The summed E-state index contributed by atoms with van der Waals surface area (Å²) in [6.45, 7) is 0.229. The summed E-state index contributed by atoms with van der Waals surface area (Å²) in [6.07, 6.45) is 9.50. The lowest BCUT2D eigenvalue weighted by molar-refractivity contribution is 0.302. The number of hydrogen-bond donors (Lipinski definition) is 2. The molecule has 0 radical (unpaired) electrons. The van der Waals surface area contributed by atoms with E-state index in [4.69, 9.17) is 10.8 Å². The molecule has 0 amide bonds. The van der Waals surface area contributed by atoms with Crippen molar-refractivity contribution in [2.45, 2.75) is 37.6 Å². The first kappa shape index (κ1) is 8.75. The summed E-state index contributed by atoms with van der Waals surface area (Å²) in [5.74, 6) is 0. The summed E-state index contributed by atoms with van der Waals surface area (Å²) in [5, 5.41) is 8.53. The number of aliphatic hydroxyl groups excluding tert-OH is 1. The molecule has 0 atom stereocenters. The number of hydrogen-bond acceptors (Lipinski definition) is 2. The lowest BCUT2D eigenvalue weighted by Gasteiger charge is -2.17. The summed E-state index contributed by atoms with van der Waals surface area (Å²) < 4.78 is 0. The van der Waals surface area contributed by atoms with Crippen LogP contribution in [0.4, 0.5) is 0 Å². The lowest BCUT2D eigenvalue weighted by atomic mass is 9.98. The summed E-state index contributed by atoms with van der Waals surface area (Å²) in [6, 6.07) is 0. The minimum Gasteiger partial charge on any atom is -0.396 e. The minimum absolute atomic E-state index is 0.0465. The average Bonchev–Trinajstić information content (AvgIpc) is 2.38. The van der Waals surface area contributed by atoms with Crippen molar-refractivity contribution < 1.29 is 5.11 Å². The van der Waals surface area contributed by atoms with E-state index < -0.39 is 0 Å². The lowest BCUT2D eigenvalue weighted by Crippen LogP contribution is -2.33. The van der Waals surface area contributed by atoms with E-state index in [0.717, 1.165) is 19.3 Å². The molecule has 1 aliphatic rings. The normalized spacial score (nSPS) is 23.1. The number of rotatable bonds is 3. The van der Waals surface area contributed by atoms with Gasteiger partial charge in [-0.25, -0.2) is 0 Å². The molecule has 2 nitrogen and oxygen atoms in total. The van der Waals surface area contributed by atoms with Crippen LogP contribution in [0.15, 0.2) is 12.2 Å². The van der Waals surface area contributed by atoms with Gasteiger partial charge in [-0.3, -0.25) is 0 Å².